The second-order valence-corrected chi connectivity index (χ2v) is 5.74. The predicted octanol–water partition coefficient (Wildman–Crippen LogP) is 3.03. The van der Waals surface area contributed by atoms with Crippen LogP contribution in [-0.2, 0) is 6.54 Å². The van der Waals surface area contributed by atoms with Gasteiger partial charge in [-0.2, -0.15) is 0 Å². The highest BCUT2D eigenvalue weighted by molar-refractivity contribution is 7.71. The summed E-state index contributed by atoms with van der Waals surface area (Å²) in [7, 11) is 0. The van der Waals surface area contributed by atoms with Crippen molar-refractivity contribution in [3.8, 4) is 0 Å². The van der Waals surface area contributed by atoms with Crippen LogP contribution in [-0.4, -0.2) is 20.4 Å². The number of aryl methyl sites for hydroxylation is 1. The minimum Gasteiger partial charge on any atom is -0.332 e. The maximum absolute atomic E-state index is 12.4. The Hall–Kier alpha value is -2.80. The van der Waals surface area contributed by atoms with E-state index in [1.54, 1.807) is 24.3 Å². The minimum atomic E-state index is -0.297. The summed E-state index contributed by atoms with van der Waals surface area (Å²) in [4.78, 5) is 32.0. The van der Waals surface area contributed by atoms with Crippen molar-refractivity contribution in [3.63, 3.8) is 0 Å². The highest BCUT2D eigenvalue weighted by atomic mass is 32.1. The Bertz CT molecular complexity index is 1050. The van der Waals surface area contributed by atoms with Gasteiger partial charge in [-0.05, 0) is 56.4 Å². The summed E-state index contributed by atoms with van der Waals surface area (Å²) in [5.41, 5.74) is 1.61. The molecule has 0 aliphatic rings. The monoisotopic (exact) mass is 340 g/mol. The Morgan fingerprint density at radius 3 is 2.83 bits per heavy atom. The van der Waals surface area contributed by atoms with E-state index in [1.807, 2.05) is 26.0 Å². The van der Waals surface area contributed by atoms with E-state index in [9.17, 15) is 9.59 Å². The molecule has 0 atom stereocenters. The Morgan fingerprint density at radius 1 is 1.33 bits per heavy atom. The van der Waals surface area contributed by atoms with E-state index in [1.165, 1.54) is 4.57 Å². The standard InChI is InChI=1S/C17H16N4O2S/c1-3-21-16(23)12-8-7-11(9-13(12)19-17(21)24)15(22)20-14-6-4-5-10(2)18-14/h4-9H,3H2,1-2H3,(H,19,24)(H,18,20,22). The molecule has 2 N–H and O–H groups in total. The molecule has 1 amide bonds. The van der Waals surface area contributed by atoms with Gasteiger partial charge in [-0.3, -0.25) is 14.2 Å². The normalized spacial score (nSPS) is 10.8. The molecule has 0 fully saturated rings. The number of rotatable bonds is 3. The second-order valence-electron chi connectivity index (χ2n) is 5.36. The quantitative estimate of drug-likeness (QED) is 0.718. The van der Waals surface area contributed by atoms with Crippen LogP contribution in [0.5, 0.6) is 0 Å². The zero-order valence-corrected chi connectivity index (χ0v) is 14.1. The number of H-pyrrole nitrogens is 1. The number of fused-ring (bicyclic) bond motifs is 1. The summed E-state index contributed by atoms with van der Waals surface area (Å²) in [5, 5.41) is 3.24. The van der Waals surface area contributed by atoms with E-state index in [4.69, 9.17) is 12.2 Å². The van der Waals surface area contributed by atoms with Gasteiger partial charge >= 0.3 is 0 Å². The van der Waals surface area contributed by atoms with Crippen LogP contribution in [0.2, 0.25) is 0 Å². The topological polar surface area (TPSA) is 79.8 Å². The van der Waals surface area contributed by atoms with Crippen molar-refractivity contribution in [2.24, 2.45) is 0 Å². The van der Waals surface area contributed by atoms with Crippen LogP contribution in [0.1, 0.15) is 23.0 Å². The van der Waals surface area contributed by atoms with Crippen molar-refractivity contribution in [1.82, 2.24) is 14.5 Å². The first-order valence-electron chi connectivity index (χ1n) is 7.51. The molecule has 7 heteroatoms. The second kappa shape index (κ2) is 6.37. The predicted molar refractivity (Wildman–Crippen MR) is 96.0 cm³/mol. The van der Waals surface area contributed by atoms with Crippen molar-refractivity contribution < 1.29 is 4.79 Å². The number of amides is 1. The molecule has 0 saturated carbocycles. The summed E-state index contributed by atoms with van der Waals surface area (Å²) in [6, 6.07) is 10.3. The molecule has 3 rings (SSSR count). The molecule has 0 aliphatic heterocycles. The molecule has 0 spiro atoms. The number of anilines is 1. The van der Waals surface area contributed by atoms with Crippen LogP contribution in [0.4, 0.5) is 5.82 Å². The van der Waals surface area contributed by atoms with Crippen molar-refractivity contribution in [2.45, 2.75) is 20.4 Å². The lowest BCUT2D eigenvalue weighted by Gasteiger charge is -2.08. The Labute approximate surface area is 143 Å². The molecule has 0 radical (unpaired) electrons. The molecule has 2 aromatic heterocycles. The lowest BCUT2D eigenvalue weighted by molar-refractivity contribution is 0.102. The molecule has 0 unspecified atom stereocenters. The molecule has 3 aromatic rings. The Balaban J connectivity index is 2.00. The van der Waals surface area contributed by atoms with Crippen molar-refractivity contribution in [1.29, 1.82) is 0 Å². The number of benzene rings is 1. The van der Waals surface area contributed by atoms with Crippen LogP contribution in [0.25, 0.3) is 10.9 Å². The maximum Gasteiger partial charge on any atom is 0.262 e. The highest BCUT2D eigenvalue weighted by Gasteiger charge is 2.10. The Kier molecular flexibility index (Phi) is 4.26. The lowest BCUT2D eigenvalue weighted by atomic mass is 10.1. The Morgan fingerprint density at radius 2 is 2.12 bits per heavy atom. The summed E-state index contributed by atoms with van der Waals surface area (Å²) < 4.78 is 1.82. The number of nitrogens with one attached hydrogen (secondary N) is 2. The van der Waals surface area contributed by atoms with E-state index in [-0.39, 0.29) is 11.5 Å². The van der Waals surface area contributed by atoms with Gasteiger partial charge in [0.1, 0.15) is 5.82 Å². The smallest absolute Gasteiger partial charge is 0.262 e. The average molecular weight is 340 g/mol. The number of carbonyl (C=O) groups is 1. The first kappa shape index (κ1) is 16.1. The van der Waals surface area contributed by atoms with E-state index >= 15 is 0 Å². The van der Waals surface area contributed by atoms with Gasteiger partial charge in [0.25, 0.3) is 11.5 Å². The molecule has 6 nitrogen and oxygen atoms in total. The zero-order chi connectivity index (χ0) is 17.3. The van der Waals surface area contributed by atoms with Crippen molar-refractivity contribution >= 4 is 34.8 Å². The number of carbonyl (C=O) groups excluding carboxylic acids is 1. The van der Waals surface area contributed by atoms with Gasteiger partial charge in [0, 0.05) is 17.8 Å². The highest BCUT2D eigenvalue weighted by Crippen LogP contribution is 2.13. The van der Waals surface area contributed by atoms with E-state index < -0.39 is 0 Å². The number of hydrogen-bond acceptors (Lipinski definition) is 4. The van der Waals surface area contributed by atoms with E-state index in [0.29, 0.717) is 33.6 Å². The molecular formula is C17H16N4O2S. The average Bonchev–Trinajstić information content (AvgIpc) is 2.54. The van der Waals surface area contributed by atoms with Gasteiger partial charge in [-0.1, -0.05) is 6.07 Å². The van der Waals surface area contributed by atoms with Gasteiger partial charge in [-0.25, -0.2) is 4.98 Å². The SMILES string of the molecule is CCn1c(=S)[nH]c2cc(C(=O)Nc3cccc(C)n3)ccc2c1=O. The molecule has 24 heavy (non-hydrogen) atoms. The first-order chi connectivity index (χ1) is 11.5. The lowest BCUT2D eigenvalue weighted by Crippen LogP contribution is -2.21. The fourth-order valence-corrected chi connectivity index (χ4v) is 2.81. The molecule has 2 heterocycles. The van der Waals surface area contributed by atoms with Crippen LogP contribution in [0, 0.1) is 11.7 Å². The van der Waals surface area contributed by atoms with Crippen LogP contribution in [0.3, 0.4) is 0 Å². The van der Waals surface area contributed by atoms with Crippen molar-refractivity contribution in [3.05, 3.63) is 62.8 Å². The molecule has 122 valence electrons. The fraction of sp³-hybridized carbons (Fsp3) is 0.176. The van der Waals surface area contributed by atoms with Gasteiger partial charge in [0.2, 0.25) is 0 Å². The summed E-state index contributed by atoms with van der Waals surface area (Å²) >= 11 is 5.19. The number of aromatic nitrogens is 3. The van der Waals surface area contributed by atoms with Crippen LogP contribution in [0.15, 0.2) is 41.2 Å². The maximum atomic E-state index is 12.4. The molecule has 0 saturated heterocycles. The summed E-state index contributed by atoms with van der Waals surface area (Å²) in [5.74, 6) is 0.184. The third-order valence-electron chi connectivity index (χ3n) is 3.69. The number of pyridine rings is 1. The third-order valence-corrected chi connectivity index (χ3v) is 4.01. The zero-order valence-electron chi connectivity index (χ0n) is 13.3. The molecule has 1 aromatic carbocycles. The van der Waals surface area contributed by atoms with E-state index in [2.05, 4.69) is 15.3 Å². The van der Waals surface area contributed by atoms with Crippen molar-refractivity contribution in [2.75, 3.05) is 5.32 Å². The van der Waals surface area contributed by atoms with Crippen LogP contribution < -0.4 is 10.9 Å². The molecular weight excluding hydrogens is 324 g/mol. The van der Waals surface area contributed by atoms with Gasteiger partial charge in [0.15, 0.2) is 4.77 Å². The van der Waals surface area contributed by atoms with Crippen LogP contribution >= 0.6 is 12.2 Å². The number of hydrogen-bond donors (Lipinski definition) is 2. The summed E-state index contributed by atoms with van der Waals surface area (Å²) in [6.07, 6.45) is 0. The number of nitrogens with zero attached hydrogens (tertiary/aromatic N) is 2. The number of aromatic amines is 1. The van der Waals surface area contributed by atoms with Gasteiger partial charge in [0.05, 0.1) is 10.9 Å². The fourth-order valence-electron chi connectivity index (χ4n) is 2.48. The molecule has 0 aliphatic carbocycles. The molecule has 0 bridgehead atoms. The largest absolute Gasteiger partial charge is 0.332 e. The minimum absolute atomic E-state index is 0.163. The van der Waals surface area contributed by atoms with Gasteiger partial charge in [-0.15, -0.1) is 0 Å². The first-order valence-corrected chi connectivity index (χ1v) is 7.92. The summed E-state index contributed by atoms with van der Waals surface area (Å²) in [6.45, 7) is 4.20. The van der Waals surface area contributed by atoms with E-state index in [0.717, 1.165) is 5.69 Å². The van der Waals surface area contributed by atoms with Gasteiger partial charge < -0.3 is 10.3 Å². The third kappa shape index (κ3) is 2.98.